The first kappa shape index (κ1) is 16.0. The summed E-state index contributed by atoms with van der Waals surface area (Å²) in [4.78, 5) is 25.7. The molecule has 23 heavy (non-hydrogen) atoms. The molecule has 0 unspecified atom stereocenters. The van der Waals surface area contributed by atoms with Gasteiger partial charge < -0.3 is 10.1 Å². The molecule has 0 aromatic heterocycles. The van der Waals surface area contributed by atoms with Crippen LogP contribution < -0.4 is 10.1 Å². The fraction of sp³-hybridized carbons (Fsp3) is 0.579. The van der Waals surface area contributed by atoms with Gasteiger partial charge in [0.2, 0.25) is 5.91 Å². The van der Waals surface area contributed by atoms with E-state index >= 15 is 0 Å². The zero-order valence-corrected chi connectivity index (χ0v) is 14.6. The molecule has 2 bridgehead atoms. The van der Waals surface area contributed by atoms with Gasteiger partial charge in [0.05, 0.1) is 18.2 Å². The molecule has 3 rings (SSSR count). The Balaban J connectivity index is 1.96. The van der Waals surface area contributed by atoms with Gasteiger partial charge in [0.15, 0.2) is 0 Å². The maximum atomic E-state index is 13.2. The second-order valence-corrected chi connectivity index (χ2v) is 7.80. The van der Waals surface area contributed by atoms with E-state index < -0.39 is 5.41 Å². The highest BCUT2D eigenvalue weighted by Crippen LogP contribution is 2.70. The lowest BCUT2D eigenvalue weighted by Crippen LogP contribution is -2.43. The Morgan fingerprint density at radius 1 is 1.22 bits per heavy atom. The van der Waals surface area contributed by atoms with E-state index in [-0.39, 0.29) is 22.5 Å². The van der Waals surface area contributed by atoms with Crippen molar-refractivity contribution in [2.45, 2.75) is 47.0 Å². The third-order valence-electron chi connectivity index (χ3n) is 6.74. The highest BCUT2D eigenvalue weighted by molar-refractivity contribution is 6.05. The Morgan fingerprint density at radius 2 is 1.91 bits per heavy atom. The number of amides is 1. The SMILES string of the molecule is COc1ccc(C)cc1NC(=O)[C@@]12CC[C@](C)(C(=O)C1)C2(C)C. The minimum atomic E-state index is -0.617. The number of anilines is 1. The van der Waals surface area contributed by atoms with Crippen LogP contribution in [0.25, 0.3) is 0 Å². The quantitative estimate of drug-likeness (QED) is 0.924. The first-order valence-corrected chi connectivity index (χ1v) is 8.17. The van der Waals surface area contributed by atoms with E-state index in [0.29, 0.717) is 17.9 Å². The maximum Gasteiger partial charge on any atom is 0.231 e. The molecule has 1 amide bonds. The second-order valence-electron chi connectivity index (χ2n) is 7.80. The molecule has 4 nitrogen and oxygen atoms in total. The van der Waals surface area contributed by atoms with Gasteiger partial charge in [-0.25, -0.2) is 0 Å². The standard InChI is InChI=1S/C19H25NO3/c1-12-6-7-14(23-5)13(10-12)20-16(22)19-9-8-18(4,15(21)11-19)17(19,2)3/h6-7,10H,8-9,11H2,1-5H3,(H,20,22)/t18-,19-/m1/s1. The predicted molar refractivity (Wildman–Crippen MR) is 89.5 cm³/mol. The summed E-state index contributed by atoms with van der Waals surface area (Å²) in [5.41, 5.74) is 0.389. The van der Waals surface area contributed by atoms with Crippen LogP contribution in [-0.2, 0) is 9.59 Å². The summed E-state index contributed by atoms with van der Waals surface area (Å²) in [5.74, 6) is 0.810. The fourth-order valence-corrected chi connectivity index (χ4v) is 4.52. The zero-order valence-electron chi connectivity index (χ0n) is 14.6. The molecular weight excluding hydrogens is 290 g/mol. The highest BCUT2D eigenvalue weighted by atomic mass is 16.5. The number of benzene rings is 1. The average Bonchev–Trinajstić information content (AvgIpc) is 2.78. The van der Waals surface area contributed by atoms with Gasteiger partial charge in [0.25, 0.3) is 0 Å². The van der Waals surface area contributed by atoms with Gasteiger partial charge in [-0.05, 0) is 42.9 Å². The van der Waals surface area contributed by atoms with Gasteiger partial charge in [-0.2, -0.15) is 0 Å². The number of methoxy groups -OCH3 is 1. The number of fused-ring (bicyclic) bond motifs is 2. The van der Waals surface area contributed by atoms with Crippen molar-refractivity contribution in [3.05, 3.63) is 23.8 Å². The molecule has 1 aromatic rings. The number of ketones is 1. The summed E-state index contributed by atoms with van der Waals surface area (Å²) >= 11 is 0. The molecule has 1 N–H and O–H groups in total. The van der Waals surface area contributed by atoms with Crippen molar-refractivity contribution >= 4 is 17.4 Å². The van der Waals surface area contributed by atoms with E-state index in [1.54, 1.807) is 7.11 Å². The Kier molecular flexibility index (Phi) is 3.36. The molecule has 2 fully saturated rings. The molecular formula is C19H25NO3. The van der Waals surface area contributed by atoms with E-state index in [0.717, 1.165) is 18.4 Å². The first-order valence-electron chi connectivity index (χ1n) is 8.17. The molecule has 0 heterocycles. The second kappa shape index (κ2) is 4.83. The average molecular weight is 315 g/mol. The Morgan fingerprint density at radius 3 is 2.43 bits per heavy atom. The van der Waals surface area contributed by atoms with Crippen molar-refractivity contribution in [1.29, 1.82) is 0 Å². The van der Waals surface area contributed by atoms with Gasteiger partial charge in [-0.15, -0.1) is 0 Å². The minimum Gasteiger partial charge on any atom is -0.495 e. The van der Waals surface area contributed by atoms with Crippen LogP contribution in [0.5, 0.6) is 5.75 Å². The highest BCUT2D eigenvalue weighted by Gasteiger charge is 2.72. The van der Waals surface area contributed by atoms with Crippen LogP contribution in [0.3, 0.4) is 0 Å². The fourth-order valence-electron chi connectivity index (χ4n) is 4.52. The van der Waals surface area contributed by atoms with Crippen LogP contribution in [-0.4, -0.2) is 18.8 Å². The summed E-state index contributed by atoms with van der Waals surface area (Å²) in [6, 6.07) is 5.71. The number of carbonyl (C=O) groups is 2. The normalized spacial score (nSPS) is 31.3. The van der Waals surface area contributed by atoms with Crippen LogP contribution in [0.15, 0.2) is 18.2 Å². The molecule has 0 aliphatic heterocycles. The van der Waals surface area contributed by atoms with Crippen molar-refractivity contribution in [2.75, 3.05) is 12.4 Å². The first-order chi connectivity index (χ1) is 10.7. The van der Waals surface area contributed by atoms with Crippen molar-refractivity contribution in [2.24, 2.45) is 16.2 Å². The molecule has 0 saturated heterocycles. The number of nitrogens with one attached hydrogen (secondary N) is 1. The lowest BCUT2D eigenvalue weighted by Gasteiger charge is -2.38. The van der Waals surface area contributed by atoms with Crippen molar-refractivity contribution < 1.29 is 14.3 Å². The van der Waals surface area contributed by atoms with Crippen LogP contribution in [0, 0.1) is 23.2 Å². The number of hydrogen-bond donors (Lipinski definition) is 1. The molecule has 2 aliphatic rings. The summed E-state index contributed by atoms with van der Waals surface area (Å²) in [5, 5.41) is 3.04. The monoisotopic (exact) mass is 315 g/mol. The van der Waals surface area contributed by atoms with Gasteiger partial charge in [0, 0.05) is 11.8 Å². The molecule has 124 valence electrons. The van der Waals surface area contributed by atoms with Gasteiger partial charge >= 0.3 is 0 Å². The van der Waals surface area contributed by atoms with E-state index in [9.17, 15) is 9.59 Å². The third kappa shape index (κ3) is 1.90. The van der Waals surface area contributed by atoms with E-state index in [4.69, 9.17) is 4.74 Å². The third-order valence-corrected chi connectivity index (χ3v) is 6.74. The topological polar surface area (TPSA) is 55.4 Å². The number of Topliss-reactive ketones (excluding diaryl/α,β-unsaturated/α-hetero) is 1. The van der Waals surface area contributed by atoms with Gasteiger partial charge in [0.1, 0.15) is 11.5 Å². The molecule has 2 atom stereocenters. The number of carbonyl (C=O) groups excluding carboxylic acids is 2. The van der Waals surface area contributed by atoms with Gasteiger partial charge in [-0.1, -0.05) is 26.8 Å². The summed E-state index contributed by atoms with van der Waals surface area (Å²) in [6.45, 7) is 8.13. The van der Waals surface area contributed by atoms with Crippen LogP contribution in [0.4, 0.5) is 5.69 Å². The lowest BCUT2D eigenvalue weighted by atomic mass is 9.64. The molecule has 0 spiro atoms. The number of ether oxygens (including phenoxy) is 1. The van der Waals surface area contributed by atoms with Crippen LogP contribution in [0.1, 0.15) is 45.6 Å². The number of rotatable bonds is 3. The van der Waals surface area contributed by atoms with Crippen LogP contribution in [0.2, 0.25) is 0 Å². The summed E-state index contributed by atoms with van der Waals surface area (Å²) in [6.07, 6.45) is 1.90. The Labute approximate surface area is 137 Å². The maximum absolute atomic E-state index is 13.2. The molecule has 2 aliphatic carbocycles. The van der Waals surface area contributed by atoms with E-state index in [2.05, 4.69) is 19.2 Å². The van der Waals surface area contributed by atoms with Crippen molar-refractivity contribution in [1.82, 2.24) is 0 Å². The number of hydrogen-bond acceptors (Lipinski definition) is 3. The van der Waals surface area contributed by atoms with Crippen molar-refractivity contribution in [3.8, 4) is 5.75 Å². The van der Waals surface area contributed by atoms with Crippen molar-refractivity contribution in [3.63, 3.8) is 0 Å². The largest absolute Gasteiger partial charge is 0.495 e. The van der Waals surface area contributed by atoms with E-state index in [1.807, 2.05) is 32.0 Å². The Hall–Kier alpha value is -1.84. The molecule has 4 heteroatoms. The minimum absolute atomic E-state index is 0.0547. The Bertz CT molecular complexity index is 694. The van der Waals surface area contributed by atoms with E-state index in [1.165, 1.54) is 0 Å². The number of aryl methyl sites for hydroxylation is 1. The summed E-state index contributed by atoms with van der Waals surface area (Å²) < 4.78 is 5.35. The molecule has 1 aromatic carbocycles. The van der Waals surface area contributed by atoms with Crippen LogP contribution >= 0.6 is 0 Å². The molecule has 2 saturated carbocycles. The predicted octanol–water partition coefficient (Wildman–Crippen LogP) is 3.73. The smallest absolute Gasteiger partial charge is 0.231 e. The molecule has 0 radical (unpaired) electrons. The zero-order chi connectivity index (χ0) is 17.0. The summed E-state index contributed by atoms with van der Waals surface area (Å²) in [7, 11) is 1.59. The lowest BCUT2D eigenvalue weighted by molar-refractivity contribution is -0.131. The van der Waals surface area contributed by atoms with Gasteiger partial charge in [-0.3, -0.25) is 9.59 Å².